The molecule has 2 aromatic heterocycles. The first kappa shape index (κ1) is 22.3. The quantitative estimate of drug-likeness (QED) is 0.583. The summed E-state index contributed by atoms with van der Waals surface area (Å²) in [6.07, 6.45) is 3.25. The Labute approximate surface area is 192 Å². The van der Waals surface area contributed by atoms with Gasteiger partial charge in [-0.25, -0.2) is 4.98 Å². The molecule has 0 spiro atoms. The lowest BCUT2D eigenvalue weighted by Crippen LogP contribution is -2.42. The fourth-order valence-electron chi connectivity index (χ4n) is 4.12. The van der Waals surface area contributed by atoms with E-state index in [1.165, 1.54) is 16.9 Å². The Hall–Kier alpha value is -2.93. The molecule has 1 aliphatic rings. The normalized spacial score (nSPS) is 15.5. The van der Waals surface area contributed by atoms with Crippen LogP contribution in [0.4, 0.5) is 0 Å². The number of furan rings is 1. The maximum atomic E-state index is 13.2. The van der Waals surface area contributed by atoms with Crippen molar-refractivity contribution in [3.63, 3.8) is 0 Å². The monoisotopic (exact) mass is 451 g/mol. The summed E-state index contributed by atoms with van der Waals surface area (Å²) in [6.45, 7) is 7.66. The molecule has 0 aliphatic carbocycles. The second-order valence-electron chi connectivity index (χ2n) is 8.52. The van der Waals surface area contributed by atoms with Crippen LogP contribution < -0.4 is 5.32 Å². The van der Waals surface area contributed by atoms with E-state index in [1.54, 1.807) is 6.26 Å². The first-order chi connectivity index (χ1) is 15.4. The molecule has 3 aromatic rings. The van der Waals surface area contributed by atoms with Crippen molar-refractivity contribution in [1.82, 2.24) is 15.2 Å². The summed E-state index contributed by atoms with van der Waals surface area (Å²) in [5, 5.41) is 3.83. The van der Waals surface area contributed by atoms with Crippen LogP contribution in [0, 0.1) is 25.7 Å². The van der Waals surface area contributed by atoms with Crippen molar-refractivity contribution < 1.29 is 14.0 Å². The zero-order valence-electron chi connectivity index (χ0n) is 18.8. The van der Waals surface area contributed by atoms with Gasteiger partial charge in [0.25, 0.3) is 5.91 Å². The number of carbonyl (C=O) groups is 2. The van der Waals surface area contributed by atoms with Crippen LogP contribution in [0.25, 0.3) is 10.6 Å². The van der Waals surface area contributed by atoms with Gasteiger partial charge in [-0.3, -0.25) is 9.59 Å². The van der Waals surface area contributed by atoms with Gasteiger partial charge in [-0.15, -0.1) is 11.3 Å². The first-order valence-corrected chi connectivity index (χ1v) is 11.9. The molecule has 1 N–H and O–H groups in total. The molecule has 1 saturated heterocycles. The third-order valence-corrected chi connectivity index (χ3v) is 7.45. The highest BCUT2D eigenvalue weighted by Gasteiger charge is 2.31. The number of nitrogens with one attached hydrogen (secondary N) is 1. The molecule has 0 radical (unpaired) electrons. The van der Waals surface area contributed by atoms with Crippen molar-refractivity contribution in [2.45, 2.75) is 40.2 Å². The van der Waals surface area contributed by atoms with E-state index in [9.17, 15) is 9.59 Å². The summed E-state index contributed by atoms with van der Waals surface area (Å²) in [5.74, 6) is 0.997. The number of benzene rings is 1. The van der Waals surface area contributed by atoms with Crippen LogP contribution in [-0.2, 0) is 11.3 Å². The largest absolute Gasteiger partial charge is 0.467 e. The van der Waals surface area contributed by atoms with Gasteiger partial charge < -0.3 is 14.6 Å². The Balaban J connectivity index is 1.33. The minimum Gasteiger partial charge on any atom is -0.467 e. The van der Waals surface area contributed by atoms with Gasteiger partial charge in [0, 0.05) is 24.6 Å². The zero-order valence-corrected chi connectivity index (χ0v) is 19.6. The molecule has 1 aromatic carbocycles. The Morgan fingerprint density at radius 2 is 1.91 bits per heavy atom. The van der Waals surface area contributed by atoms with Crippen LogP contribution >= 0.6 is 11.3 Å². The SMILES string of the molecule is Cc1ccc(-c2nc(C)c(C(=O)N3CCC([C@H](C)C(=O)NCc4ccco4)CC3)s2)cc1. The van der Waals surface area contributed by atoms with Crippen LogP contribution in [0.2, 0.25) is 0 Å². The maximum absolute atomic E-state index is 13.2. The summed E-state index contributed by atoms with van der Waals surface area (Å²) < 4.78 is 5.27. The van der Waals surface area contributed by atoms with E-state index in [4.69, 9.17) is 4.42 Å². The molecule has 2 amide bonds. The number of hydrogen-bond donors (Lipinski definition) is 1. The van der Waals surface area contributed by atoms with E-state index >= 15 is 0 Å². The van der Waals surface area contributed by atoms with Crippen LogP contribution in [0.3, 0.4) is 0 Å². The Bertz CT molecular complexity index is 1060. The molecule has 0 saturated carbocycles. The second kappa shape index (κ2) is 9.69. The molecule has 1 atom stereocenters. The number of aryl methyl sites for hydroxylation is 2. The number of hydrogen-bond acceptors (Lipinski definition) is 5. The summed E-state index contributed by atoms with van der Waals surface area (Å²) in [7, 11) is 0. The smallest absolute Gasteiger partial charge is 0.265 e. The third-order valence-electron chi connectivity index (χ3n) is 6.25. The third kappa shape index (κ3) is 4.93. The highest BCUT2D eigenvalue weighted by Crippen LogP contribution is 2.31. The van der Waals surface area contributed by atoms with Gasteiger partial charge in [-0.1, -0.05) is 36.8 Å². The number of amides is 2. The standard InChI is InChI=1S/C25H29N3O3S/c1-16-6-8-20(9-7-16)24-27-18(3)22(32-24)25(30)28-12-10-19(11-13-28)17(2)23(29)26-15-21-5-4-14-31-21/h4-9,14,17,19H,10-13,15H2,1-3H3,(H,26,29)/t17-/m0/s1. The fourth-order valence-corrected chi connectivity index (χ4v) is 5.16. The minimum absolute atomic E-state index is 0.0345. The van der Waals surface area contributed by atoms with Crippen LogP contribution in [0.5, 0.6) is 0 Å². The van der Waals surface area contributed by atoms with Crippen molar-refractivity contribution in [1.29, 1.82) is 0 Å². The van der Waals surface area contributed by atoms with Crippen molar-refractivity contribution in [2.75, 3.05) is 13.1 Å². The minimum atomic E-state index is -0.0968. The average Bonchev–Trinajstić information content (AvgIpc) is 3.47. The van der Waals surface area contributed by atoms with Crippen molar-refractivity contribution in [3.05, 3.63) is 64.6 Å². The van der Waals surface area contributed by atoms with E-state index in [0.29, 0.717) is 24.5 Å². The highest BCUT2D eigenvalue weighted by atomic mass is 32.1. The van der Waals surface area contributed by atoms with Crippen LogP contribution in [0.15, 0.2) is 47.1 Å². The number of thiazole rings is 1. The molecule has 168 valence electrons. The number of nitrogens with zero attached hydrogens (tertiary/aromatic N) is 2. The van der Waals surface area contributed by atoms with E-state index in [0.717, 1.165) is 34.9 Å². The Kier molecular flexibility index (Phi) is 6.74. The van der Waals surface area contributed by atoms with Crippen LogP contribution in [0.1, 0.15) is 46.5 Å². The molecule has 32 heavy (non-hydrogen) atoms. The van der Waals surface area contributed by atoms with Gasteiger partial charge in [0.1, 0.15) is 15.6 Å². The number of carbonyl (C=O) groups excluding carboxylic acids is 2. The number of aromatic nitrogens is 1. The van der Waals surface area contributed by atoms with Gasteiger partial charge in [0.05, 0.1) is 18.5 Å². The maximum Gasteiger partial charge on any atom is 0.265 e. The predicted octanol–water partition coefficient (Wildman–Crippen LogP) is 4.82. The van der Waals surface area contributed by atoms with E-state index in [1.807, 2.05) is 43.0 Å². The van der Waals surface area contributed by atoms with Gasteiger partial charge in [0.2, 0.25) is 5.91 Å². The number of rotatable bonds is 6. The number of piperidine rings is 1. The highest BCUT2D eigenvalue weighted by molar-refractivity contribution is 7.17. The van der Waals surface area contributed by atoms with E-state index in [2.05, 4.69) is 29.4 Å². The number of likely N-dealkylation sites (tertiary alicyclic amines) is 1. The van der Waals surface area contributed by atoms with Crippen LogP contribution in [-0.4, -0.2) is 34.8 Å². The topological polar surface area (TPSA) is 75.4 Å². The summed E-state index contributed by atoms with van der Waals surface area (Å²) in [4.78, 5) is 33.0. The lowest BCUT2D eigenvalue weighted by atomic mass is 9.85. The first-order valence-electron chi connectivity index (χ1n) is 11.1. The molecule has 0 unspecified atom stereocenters. The molecule has 1 aliphatic heterocycles. The zero-order chi connectivity index (χ0) is 22.7. The molecule has 0 bridgehead atoms. The Morgan fingerprint density at radius 1 is 1.19 bits per heavy atom. The summed E-state index contributed by atoms with van der Waals surface area (Å²) in [6, 6.07) is 11.9. The van der Waals surface area contributed by atoms with E-state index in [-0.39, 0.29) is 23.7 Å². The molecule has 7 heteroatoms. The van der Waals surface area contributed by atoms with Gasteiger partial charge >= 0.3 is 0 Å². The molecule has 6 nitrogen and oxygen atoms in total. The molecule has 4 rings (SSSR count). The molecular weight excluding hydrogens is 422 g/mol. The van der Waals surface area contributed by atoms with Crippen molar-refractivity contribution in [2.24, 2.45) is 11.8 Å². The van der Waals surface area contributed by atoms with Crippen molar-refractivity contribution >= 4 is 23.2 Å². The predicted molar refractivity (Wildman–Crippen MR) is 125 cm³/mol. The second-order valence-corrected chi connectivity index (χ2v) is 9.51. The summed E-state index contributed by atoms with van der Waals surface area (Å²) >= 11 is 1.46. The average molecular weight is 452 g/mol. The summed E-state index contributed by atoms with van der Waals surface area (Å²) in [5.41, 5.74) is 3.02. The Morgan fingerprint density at radius 3 is 2.56 bits per heavy atom. The van der Waals surface area contributed by atoms with Crippen molar-refractivity contribution in [3.8, 4) is 10.6 Å². The fraction of sp³-hybridized carbons (Fsp3) is 0.400. The van der Waals surface area contributed by atoms with Gasteiger partial charge in [-0.2, -0.15) is 0 Å². The molecule has 3 heterocycles. The lowest BCUT2D eigenvalue weighted by Gasteiger charge is -2.34. The van der Waals surface area contributed by atoms with Gasteiger partial charge in [0.15, 0.2) is 0 Å². The van der Waals surface area contributed by atoms with Gasteiger partial charge in [-0.05, 0) is 44.7 Å². The van der Waals surface area contributed by atoms with E-state index < -0.39 is 0 Å². The molecular formula is C25H29N3O3S. The molecule has 1 fully saturated rings. The lowest BCUT2D eigenvalue weighted by molar-refractivity contribution is -0.126.